The smallest absolute Gasteiger partial charge is 0.338 e. The second kappa shape index (κ2) is 5.78. The van der Waals surface area contributed by atoms with E-state index in [0.29, 0.717) is 24.3 Å². The van der Waals surface area contributed by atoms with Gasteiger partial charge in [0, 0.05) is 6.42 Å². The fourth-order valence-corrected chi connectivity index (χ4v) is 2.66. The van der Waals surface area contributed by atoms with Crippen molar-refractivity contribution in [1.29, 1.82) is 0 Å². The van der Waals surface area contributed by atoms with Crippen molar-refractivity contribution in [3.8, 4) is 0 Å². The Balaban J connectivity index is 2.04. The van der Waals surface area contributed by atoms with Gasteiger partial charge >= 0.3 is 5.97 Å². The van der Waals surface area contributed by atoms with E-state index in [1.54, 1.807) is 24.3 Å². The van der Waals surface area contributed by atoms with Gasteiger partial charge in [-0.15, -0.1) is 0 Å². The number of ether oxygens (including phenoxy) is 1. The summed E-state index contributed by atoms with van der Waals surface area (Å²) < 4.78 is 5.43. The normalized spacial score (nSPS) is 23.4. The van der Waals surface area contributed by atoms with Gasteiger partial charge in [-0.1, -0.05) is 39.0 Å². The minimum absolute atomic E-state index is 0.0507. The van der Waals surface area contributed by atoms with Crippen LogP contribution in [0.25, 0.3) is 0 Å². The van der Waals surface area contributed by atoms with E-state index in [-0.39, 0.29) is 11.2 Å². The number of carbonyl (C=O) groups is 2. The number of hydrogen-bond donors (Lipinski definition) is 0. The molecule has 0 amide bonds. The molecule has 2 atom stereocenters. The molecule has 0 N–H and O–H groups in total. The first-order chi connectivity index (χ1) is 9.38. The van der Waals surface area contributed by atoms with Crippen molar-refractivity contribution in [2.24, 2.45) is 11.3 Å². The number of ketones is 1. The lowest BCUT2D eigenvalue weighted by Gasteiger charge is -2.36. The van der Waals surface area contributed by atoms with Gasteiger partial charge in [-0.25, -0.2) is 4.79 Å². The molecule has 0 saturated heterocycles. The van der Waals surface area contributed by atoms with E-state index in [0.717, 1.165) is 6.42 Å². The molecule has 1 aliphatic carbocycles. The minimum Gasteiger partial charge on any atom is -0.451 e. The van der Waals surface area contributed by atoms with Crippen LogP contribution in [0.15, 0.2) is 30.3 Å². The fourth-order valence-electron chi connectivity index (χ4n) is 2.66. The summed E-state index contributed by atoms with van der Waals surface area (Å²) >= 11 is 0. The van der Waals surface area contributed by atoms with Gasteiger partial charge in [0.1, 0.15) is 0 Å². The molecule has 0 aromatic heterocycles. The summed E-state index contributed by atoms with van der Waals surface area (Å²) in [6.07, 6.45) is 1.46. The van der Waals surface area contributed by atoms with Crippen molar-refractivity contribution in [2.45, 2.75) is 46.1 Å². The van der Waals surface area contributed by atoms with Crippen LogP contribution in [0.2, 0.25) is 0 Å². The number of hydrogen-bond acceptors (Lipinski definition) is 3. The molecule has 2 rings (SSSR count). The predicted octanol–water partition coefficient (Wildman–Crippen LogP) is 3.63. The predicted molar refractivity (Wildman–Crippen MR) is 77.4 cm³/mol. The third-order valence-corrected chi connectivity index (χ3v) is 4.08. The highest BCUT2D eigenvalue weighted by Crippen LogP contribution is 2.37. The maximum atomic E-state index is 12.0. The number of esters is 1. The van der Waals surface area contributed by atoms with Gasteiger partial charge in [-0.05, 0) is 36.3 Å². The van der Waals surface area contributed by atoms with Gasteiger partial charge in [0.2, 0.25) is 0 Å². The van der Waals surface area contributed by atoms with E-state index in [9.17, 15) is 9.59 Å². The summed E-state index contributed by atoms with van der Waals surface area (Å²) in [6, 6.07) is 8.83. The zero-order valence-electron chi connectivity index (χ0n) is 12.4. The molecule has 3 nitrogen and oxygen atoms in total. The van der Waals surface area contributed by atoms with Crippen molar-refractivity contribution in [3.05, 3.63) is 35.9 Å². The van der Waals surface area contributed by atoms with Crippen LogP contribution in [0.3, 0.4) is 0 Å². The van der Waals surface area contributed by atoms with Crippen LogP contribution >= 0.6 is 0 Å². The van der Waals surface area contributed by atoms with Crippen LogP contribution in [-0.2, 0) is 9.53 Å². The second-order valence-electron chi connectivity index (χ2n) is 6.56. The highest BCUT2D eigenvalue weighted by Gasteiger charge is 2.36. The number of rotatable bonds is 2. The molecule has 1 saturated carbocycles. The number of Topliss-reactive ketones (excluding diaryl/α,β-unsaturated/α-hetero) is 1. The maximum Gasteiger partial charge on any atom is 0.338 e. The molecule has 0 aliphatic heterocycles. The second-order valence-corrected chi connectivity index (χ2v) is 6.56. The van der Waals surface area contributed by atoms with Gasteiger partial charge in [0.25, 0.3) is 0 Å². The van der Waals surface area contributed by atoms with Gasteiger partial charge in [-0.2, -0.15) is 0 Å². The Labute approximate surface area is 120 Å². The third kappa shape index (κ3) is 3.47. The Kier molecular flexibility index (Phi) is 4.26. The molecular formula is C17H22O3. The highest BCUT2D eigenvalue weighted by molar-refractivity contribution is 5.93. The minimum atomic E-state index is -0.583. The SMILES string of the molecule is CC(C)(C)[C@H]1CCC(=O)[C@@H](OC(=O)c2ccccc2)C1. The molecule has 0 bridgehead atoms. The van der Waals surface area contributed by atoms with E-state index < -0.39 is 12.1 Å². The Morgan fingerprint density at radius 1 is 1.20 bits per heavy atom. The molecule has 1 fully saturated rings. The Morgan fingerprint density at radius 3 is 2.45 bits per heavy atom. The monoisotopic (exact) mass is 274 g/mol. The maximum absolute atomic E-state index is 12.0. The van der Waals surface area contributed by atoms with Crippen LogP contribution in [0.4, 0.5) is 0 Å². The third-order valence-electron chi connectivity index (χ3n) is 4.08. The van der Waals surface area contributed by atoms with E-state index in [1.165, 1.54) is 0 Å². The van der Waals surface area contributed by atoms with Crippen molar-refractivity contribution >= 4 is 11.8 Å². The largest absolute Gasteiger partial charge is 0.451 e. The summed E-state index contributed by atoms with van der Waals surface area (Å²) in [6.45, 7) is 6.51. The molecule has 0 heterocycles. The average molecular weight is 274 g/mol. The lowest BCUT2D eigenvalue weighted by molar-refractivity contribution is -0.132. The molecule has 3 heteroatoms. The van der Waals surface area contributed by atoms with Crippen LogP contribution in [0, 0.1) is 11.3 Å². The summed E-state index contributed by atoms with van der Waals surface area (Å²) in [5.74, 6) is 0.0575. The van der Waals surface area contributed by atoms with E-state index in [4.69, 9.17) is 4.74 Å². The van der Waals surface area contributed by atoms with Crippen LogP contribution < -0.4 is 0 Å². The molecule has 1 aromatic rings. The van der Waals surface area contributed by atoms with Crippen molar-refractivity contribution in [2.75, 3.05) is 0 Å². The standard InChI is InChI=1S/C17H22O3/c1-17(2,3)13-9-10-14(18)15(11-13)20-16(19)12-7-5-4-6-8-12/h4-8,13,15H,9-11H2,1-3H3/t13-,15-/m0/s1. The molecule has 0 spiro atoms. The van der Waals surface area contributed by atoms with Crippen LogP contribution in [0.1, 0.15) is 50.4 Å². The molecule has 1 aromatic carbocycles. The van der Waals surface area contributed by atoms with Gasteiger partial charge in [0.05, 0.1) is 5.56 Å². The molecular weight excluding hydrogens is 252 g/mol. The van der Waals surface area contributed by atoms with E-state index >= 15 is 0 Å². The zero-order valence-corrected chi connectivity index (χ0v) is 12.4. The van der Waals surface area contributed by atoms with Crippen molar-refractivity contribution in [3.63, 3.8) is 0 Å². The Hall–Kier alpha value is -1.64. The van der Waals surface area contributed by atoms with Crippen molar-refractivity contribution in [1.82, 2.24) is 0 Å². The Bertz CT molecular complexity index is 485. The quantitative estimate of drug-likeness (QED) is 0.773. The first kappa shape index (κ1) is 14.8. The number of carbonyl (C=O) groups excluding carboxylic acids is 2. The van der Waals surface area contributed by atoms with Gasteiger partial charge < -0.3 is 4.74 Å². The Morgan fingerprint density at radius 2 is 1.85 bits per heavy atom. The number of benzene rings is 1. The average Bonchev–Trinajstić information content (AvgIpc) is 2.41. The highest BCUT2D eigenvalue weighted by atomic mass is 16.5. The molecule has 1 aliphatic rings. The molecule has 0 unspecified atom stereocenters. The van der Waals surface area contributed by atoms with E-state index in [2.05, 4.69) is 20.8 Å². The van der Waals surface area contributed by atoms with Crippen LogP contribution in [-0.4, -0.2) is 17.9 Å². The summed E-state index contributed by atoms with van der Waals surface area (Å²) in [4.78, 5) is 24.0. The van der Waals surface area contributed by atoms with Gasteiger partial charge in [-0.3, -0.25) is 4.79 Å². The topological polar surface area (TPSA) is 43.4 Å². The molecule has 0 radical (unpaired) electrons. The molecule has 108 valence electrons. The zero-order chi connectivity index (χ0) is 14.8. The molecule has 20 heavy (non-hydrogen) atoms. The lowest BCUT2D eigenvalue weighted by Crippen LogP contribution is -2.38. The summed E-state index contributed by atoms with van der Waals surface area (Å²) in [5.41, 5.74) is 0.635. The lowest BCUT2D eigenvalue weighted by atomic mass is 9.71. The summed E-state index contributed by atoms with van der Waals surface area (Å²) in [5, 5.41) is 0. The first-order valence-electron chi connectivity index (χ1n) is 7.16. The van der Waals surface area contributed by atoms with E-state index in [1.807, 2.05) is 6.07 Å². The summed E-state index contributed by atoms with van der Waals surface area (Å²) in [7, 11) is 0. The van der Waals surface area contributed by atoms with Gasteiger partial charge in [0.15, 0.2) is 11.9 Å². The van der Waals surface area contributed by atoms with Crippen molar-refractivity contribution < 1.29 is 14.3 Å². The fraction of sp³-hybridized carbons (Fsp3) is 0.529. The van der Waals surface area contributed by atoms with Crippen LogP contribution in [0.5, 0.6) is 0 Å². The first-order valence-corrected chi connectivity index (χ1v) is 7.16.